The number of amides is 2. The van der Waals surface area contributed by atoms with Crippen molar-refractivity contribution in [1.82, 2.24) is 30.4 Å². The SMILES string of the molecule is Cc1ccc(-c2nnn(CC(=O)N(CC3CCCO3)C(C(=O)NC(C)(C)C)c3ccc(Cl)cc3)n2)o1. The van der Waals surface area contributed by atoms with Crippen LogP contribution in [0.2, 0.25) is 5.02 Å². The molecule has 0 aliphatic carbocycles. The van der Waals surface area contributed by atoms with E-state index in [4.69, 9.17) is 20.8 Å². The summed E-state index contributed by atoms with van der Waals surface area (Å²) in [4.78, 5) is 30.0. The van der Waals surface area contributed by atoms with Gasteiger partial charge in [0.2, 0.25) is 17.6 Å². The Balaban J connectivity index is 1.64. The van der Waals surface area contributed by atoms with Gasteiger partial charge in [0.15, 0.2) is 5.76 Å². The Labute approximate surface area is 214 Å². The van der Waals surface area contributed by atoms with E-state index < -0.39 is 11.6 Å². The molecule has 2 aromatic heterocycles. The maximum absolute atomic E-state index is 13.7. The first-order chi connectivity index (χ1) is 17.1. The van der Waals surface area contributed by atoms with E-state index in [0.717, 1.165) is 18.6 Å². The zero-order valence-electron chi connectivity index (χ0n) is 20.9. The van der Waals surface area contributed by atoms with Crippen LogP contribution in [0.5, 0.6) is 0 Å². The smallest absolute Gasteiger partial charge is 0.247 e. The first kappa shape index (κ1) is 25.8. The van der Waals surface area contributed by atoms with Crippen molar-refractivity contribution in [3.63, 3.8) is 0 Å². The molecule has 4 rings (SSSR count). The summed E-state index contributed by atoms with van der Waals surface area (Å²) in [5.41, 5.74) is 0.148. The average molecular weight is 515 g/mol. The van der Waals surface area contributed by atoms with Crippen LogP contribution >= 0.6 is 11.6 Å². The number of aryl methyl sites for hydroxylation is 1. The Morgan fingerprint density at radius 2 is 1.97 bits per heavy atom. The van der Waals surface area contributed by atoms with Crippen molar-refractivity contribution < 1.29 is 18.7 Å². The average Bonchev–Trinajstić information content (AvgIpc) is 3.56. The first-order valence-electron chi connectivity index (χ1n) is 11.9. The molecule has 2 atom stereocenters. The maximum Gasteiger partial charge on any atom is 0.247 e. The normalized spacial score (nSPS) is 16.6. The van der Waals surface area contributed by atoms with Crippen LogP contribution in [0.3, 0.4) is 0 Å². The lowest BCUT2D eigenvalue weighted by molar-refractivity contribution is -0.144. The molecule has 3 heterocycles. The van der Waals surface area contributed by atoms with Crippen LogP contribution in [-0.2, 0) is 20.9 Å². The molecule has 0 spiro atoms. The van der Waals surface area contributed by atoms with Gasteiger partial charge >= 0.3 is 0 Å². The van der Waals surface area contributed by atoms with Crippen LogP contribution in [-0.4, -0.2) is 61.7 Å². The fourth-order valence-corrected chi connectivity index (χ4v) is 4.22. The zero-order chi connectivity index (χ0) is 25.9. The number of nitrogens with one attached hydrogen (secondary N) is 1. The number of halogens is 1. The van der Waals surface area contributed by atoms with E-state index >= 15 is 0 Å². The lowest BCUT2D eigenvalue weighted by atomic mass is 10.0. The molecule has 1 N–H and O–H groups in total. The molecular weight excluding hydrogens is 484 g/mol. The summed E-state index contributed by atoms with van der Waals surface area (Å²) < 4.78 is 11.4. The van der Waals surface area contributed by atoms with Gasteiger partial charge in [0, 0.05) is 23.7 Å². The number of furan rings is 1. The number of hydrogen-bond acceptors (Lipinski definition) is 7. The molecule has 36 heavy (non-hydrogen) atoms. The van der Waals surface area contributed by atoms with Gasteiger partial charge < -0.3 is 19.4 Å². The lowest BCUT2D eigenvalue weighted by Crippen LogP contribution is -2.51. The van der Waals surface area contributed by atoms with E-state index in [2.05, 4.69) is 20.7 Å². The number of tetrazole rings is 1. The predicted molar refractivity (Wildman–Crippen MR) is 133 cm³/mol. The van der Waals surface area contributed by atoms with Crippen molar-refractivity contribution in [2.24, 2.45) is 0 Å². The Kier molecular flexibility index (Phi) is 7.75. The van der Waals surface area contributed by atoms with Gasteiger partial charge in [-0.3, -0.25) is 9.59 Å². The van der Waals surface area contributed by atoms with Crippen molar-refractivity contribution in [1.29, 1.82) is 0 Å². The van der Waals surface area contributed by atoms with E-state index in [1.54, 1.807) is 41.3 Å². The van der Waals surface area contributed by atoms with Gasteiger partial charge in [-0.2, -0.15) is 4.80 Å². The van der Waals surface area contributed by atoms with Crippen molar-refractivity contribution in [3.05, 3.63) is 52.7 Å². The first-order valence-corrected chi connectivity index (χ1v) is 12.3. The van der Waals surface area contributed by atoms with Crippen LogP contribution in [0.1, 0.15) is 51.0 Å². The number of rotatable bonds is 8. The topological polar surface area (TPSA) is 115 Å². The third-order valence-corrected chi connectivity index (χ3v) is 5.93. The summed E-state index contributed by atoms with van der Waals surface area (Å²) in [6.45, 7) is 8.19. The minimum atomic E-state index is -0.895. The summed E-state index contributed by atoms with van der Waals surface area (Å²) in [6.07, 6.45) is 1.54. The van der Waals surface area contributed by atoms with E-state index in [-0.39, 0.29) is 36.8 Å². The molecule has 192 valence electrons. The second-order valence-corrected chi connectivity index (χ2v) is 10.4. The van der Waals surface area contributed by atoms with E-state index in [1.807, 2.05) is 27.7 Å². The molecule has 1 fully saturated rings. The lowest BCUT2D eigenvalue weighted by Gasteiger charge is -2.35. The van der Waals surface area contributed by atoms with Crippen LogP contribution < -0.4 is 5.32 Å². The van der Waals surface area contributed by atoms with Crippen molar-refractivity contribution in [3.8, 4) is 11.6 Å². The standard InChI is InChI=1S/C25H31ClN6O4/c1-16-7-12-20(36-16)23-28-30-32(29-23)15-21(33)31(14-19-6-5-13-35-19)22(24(34)27-25(2,3)4)17-8-10-18(26)11-9-17/h7-12,19,22H,5-6,13-15H2,1-4H3,(H,27,34). The summed E-state index contributed by atoms with van der Waals surface area (Å²) >= 11 is 6.11. The van der Waals surface area contributed by atoms with Gasteiger partial charge in [-0.25, -0.2) is 0 Å². The number of benzene rings is 1. The quantitative estimate of drug-likeness (QED) is 0.488. The summed E-state index contributed by atoms with van der Waals surface area (Å²) in [5, 5.41) is 15.9. The molecule has 0 bridgehead atoms. The van der Waals surface area contributed by atoms with Gasteiger partial charge in [-0.05, 0) is 75.6 Å². The molecule has 0 radical (unpaired) electrons. The predicted octanol–water partition coefficient (Wildman–Crippen LogP) is 3.56. The summed E-state index contributed by atoms with van der Waals surface area (Å²) in [5.74, 6) is 0.826. The molecule has 1 aliphatic heterocycles. The molecule has 2 amide bonds. The monoisotopic (exact) mass is 514 g/mol. The highest BCUT2D eigenvalue weighted by molar-refractivity contribution is 6.30. The van der Waals surface area contributed by atoms with Gasteiger partial charge in [0.1, 0.15) is 18.3 Å². The molecule has 0 saturated carbocycles. The maximum atomic E-state index is 13.7. The molecule has 3 aromatic rings. The fourth-order valence-electron chi connectivity index (χ4n) is 4.09. The van der Waals surface area contributed by atoms with E-state index in [1.165, 1.54) is 4.80 Å². The highest BCUT2D eigenvalue weighted by Gasteiger charge is 2.36. The second kappa shape index (κ2) is 10.8. The molecule has 1 aliphatic rings. The van der Waals surface area contributed by atoms with Crippen LogP contribution in [0.4, 0.5) is 0 Å². The molecule has 10 nitrogen and oxygen atoms in total. The third-order valence-electron chi connectivity index (χ3n) is 5.68. The molecule has 1 saturated heterocycles. The number of aromatic nitrogens is 4. The van der Waals surface area contributed by atoms with Gasteiger partial charge in [0.25, 0.3) is 0 Å². The molecular formula is C25H31ClN6O4. The summed E-state index contributed by atoms with van der Waals surface area (Å²) in [6, 6.07) is 9.59. The number of carbonyl (C=O) groups excluding carboxylic acids is 2. The van der Waals surface area contributed by atoms with Crippen molar-refractivity contribution in [2.45, 2.75) is 64.8 Å². The Morgan fingerprint density at radius 3 is 2.58 bits per heavy atom. The number of hydrogen-bond donors (Lipinski definition) is 1. The molecule has 1 aromatic carbocycles. The van der Waals surface area contributed by atoms with E-state index in [0.29, 0.717) is 23.0 Å². The van der Waals surface area contributed by atoms with E-state index in [9.17, 15) is 9.59 Å². The number of nitrogens with zero attached hydrogens (tertiary/aromatic N) is 5. The zero-order valence-corrected chi connectivity index (χ0v) is 21.7. The molecule has 11 heteroatoms. The van der Waals surface area contributed by atoms with Crippen LogP contribution in [0, 0.1) is 6.92 Å². The Hall–Kier alpha value is -3.24. The van der Waals surface area contributed by atoms with Crippen molar-refractivity contribution >= 4 is 23.4 Å². The summed E-state index contributed by atoms with van der Waals surface area (Å²) in [7, 11) is 0. The Morgan fingerprint density at radius 1 is 1.22 bits per heavy atom. The van der Waals surface area contributed by atoms with Crippen LogP contribution in [0.15, 0.2) is 40.8 Å². The second-order valence-electron chi connectivity index (χ2n) is 9.93. The van der Waals surface area contributed by atoms with Gasteiger partial charge in [-0.1, -0.05) is 23.7 Å². The highest BCUT2D eigenvalue weighted by Crippen LogP contribution is 2.27. The van der Waals surface area contributed by atoms with Crippen LogP contribution in [0.25, 0.3) is 11.6 Å². The minimum Gasteiger partial charge on any atom is -0.458 e. The van der Waals surface area contributed by atoms with Crippen molar-refractivity contribution in [2.75, 3.05) is 13.2 Å². The van der Waals surface area contributed by atoms with Gasteiger partial charge in [0.05, 0.1) is 6.10 Å². The number of ether oxygens (including phenoxy) is 1. The number of carbonyl (C=O) groups is 2. The third kappa shape index (κ3) is 6.50. The minimum absolute atomic E-state index is 0.170. The molecule has 2 unspecified atom stereocenters. The largest absolute Gasteiger partial charge is 0.458 e. The van der Waals surface area contributed by atoms with Gasteiger partial charge in [-0.15, -0.1) is 10.2 Å². The fraction of sp³-hybridized carbons (Fsp3) is 0.480. The highest BCUT2D eigenvalue weighted by atomic mass is 35.5. The Bertz CT molecular complexity index is 1190.